The average molecular weight is 488 g/mol. The lowest BCUT2D eigenvalue weighted by molar-refractivity contribution is -0.143. The first-order chi connectivity index (χ1) is 15.8. The van der Waals surface area contributed by atoms with Gasteiger partial charge in [-0.1, -0.05) is 30.3 Å². The molecule has 0 aliphatic heterocycles. The number of carbonyl (C=O) groups is 1. The molecule has 0 aromatic heterocycles. The van der Waals surface area contributed by atoms with Crippen LogP contribution in [0.15, 0.2) is 48.5 Å². The van der Waals surface area contributed by atoms with E-state index in [1.54, 1.807) is 7.05 Å². The lowest BCUT2D eigenvalue weighted by atomic mass is 9.58. The van der Waals surface area contributed by atoms with Crippen LogP contribution in [-0.4, -0.2) is 31.1 Å². The molecule has 186 valence electrons. The fourth-order valence-corrected chi connectivity index (χ4v) is 4.28. The largest absolute Gasteiger partial charge is 0.416 e. The summed E-state index contributed by atoms with van der Waals surface area (Å²) in [5.41, 5.74) is 2.85. The highest BCUT2D eigenvalue weighted by atomic mass is 19.4. The predicted molar refractivity (Wildman–Crippen MR) is 113 cm³/mol. The van der Waals surface area contributed by atoms with Gasteiger partial charge in [-0.15, -0.1) is 0 Å². The van der Waals surface area contributed by atoms with Gasteiger partial charge in [-0.25, -0.2) is 0 Å². The van der Waals surface area contributed by atoms with Crippen LogP contribution in [0.1, 0.15) is 48.1 Å². The summed E-state index contributed by atoms with van der Waals surface area (Å²) in [6.07, 6.45) is -10.0. The molecule has 1 saturated carbocycles. The average Bonchev–Trinajstić information content (AvgIpc) is 2.76. The van der Waals surface area contributed by atoms with Crippen molar-refractivity contribution < 1.29 is 35.9 Å². The molecule has 0 saturated heterocycles. The molecule has 34 heavy (non-hydrogen) atoms. The summed E-state index contributed by atoms with van der Waals surface area (Å²) in [7, 11) is 1.59. The van der Waals surface area contributed by atoms with Crippen molar-refractivity contribution >= 4 is 5.91 Å². The minimum Gasteiger partial charge on any atom is -0.373 e. The maximum atomic E-state index is 13.2. The molecule has 4 nitrogen and oxygen atoms in total. The Morgan fingerprint density at radius 1 is 1.06 bits per heavy atom. The number of carbonyl (C=O) groups excluding carboxylic acids is 1. The molecule has 0 heterocycles. The van der Waals surface area contributed by atoms with Gasteiger partial charge >= 0.3 is 12.4 Å². The van der Waals surface area contributed by atoms with E-state index in [4.69, 9.17) is 10.5 Å². The molecule has 0 radical (unpaired) electrons. The summed E-state index contributed by atoms with van der Waals surface area (Å²) in [4.78, 5) is 13.9. The number of alkyl halides is 6. The van der Waals surface area contributed by atoms with Crippen LogP contribution in [0.25, 0.3) is 0 Å². The number of amides is 1. The van der Waals surface area contributed by atoms with E-state index in [0.717, 1.165) is 5.56 Å². The molecule has 2 N–H and O–H groups in total. The molecule has 1 fully saturated rings. The maximum Gasteiger partial charge on any atom is 0.416 e. The maximum absolute atomic E-state index is 13.2. The molecule has 1 aliphatic rings. The van der Waals surface area contributed by atoms with Crippen molar-refractivity contribution in [2.45, 2.75) is 43.6 Å². The first-order valence-electron chi connectivity index (χ1n) is 10.7. The van der Waals surface area contributed by atoms with Crippen LogP contribution in [0, 0.1) is 5.92 Å². The van der Waals surface area contributed by atoms with Gasteiger partial charge in [0.05, 0.1) is 30.5 Å². The monoisotopic (exact) mass is 488 g/mol. The third kappa shape index (κ3) is 5.55. The SMILES string of the molecule is C[C@@H](OCC1(c2ccccc2)CC(C(=O)N(C)CN)C1)c1cc(C(F)(F)F)cc(C(F)(F)F)c1. The number of hydrogen-bond donors (Lipinski definition) is 1. The van der Waals surface area contributed by atoms with Crippen LogP contribution in [0.4, 0.5) is 26.3 Å². The highest BCUT2D eigenvalue weighted by molar-refractivity contribution is 5.80. The number of nitrogens with two attached hydrogens (primary N) is 1. The van der Waals surface area contributed by atoms with Crippen molar-refractivity contribution in [1.82, 2.24) is 4.90 Å². The molecule has 1 amide bonds. The minimum atomic E-state index is -4.93. The fourth-order valence-electron chi connectivity index (χ4n) is 4.28. The number of rotatable bonds is 7. The van der Waals surface area contributed by atoms with Gasteiger partial charge in [0, 0.05) is 18.4 Å². The van der Waals surface area contributed by atoms with E-state index in [-0.39, 0.29) is 36.7 Å². The summed E-state index contributed by atoms with van der Waals surface area (Å²) in [6, 6.07) is 10.7. The Morgan fingerprint density at radius 2 is 1.59 bits per heavy atom. The van der Waals surface area contributed by atoms with Crippen LogP contribution < -0.4 is 5.73 Å². The van der Waals surface area contributed by atoms with Gasteiger partial charge < -0.3 is 15.4 Å². The van der Waals surface area contributed by atoms with E-state index in [1.165, 1.54) is 11.8 Å². The van der Waals surface area contributed by atoms with Crippen LogP contribution in [0.2, 0.25) is 0 Å². The van der Waals surface area contributed by atoms with Crippen molar-refractivity contribution in [2.24, 2.45) is 11.7 Å². The second-order valence-corrected chi connectivity index (χ2v) is 8.76. The molecule has 0 bridgehead atoms. The standard InChI is InChI=1S/C24H26F6N2O2/c1-15(16-8-19(23(25,26)27)10-20(9-16)24(28,29)30)34-13-22(18-6-4-3-5-7-18)11-17(12-22)21(33)32(2)14-31/h3-10,15,17H,11-14,31H2,1-2H3/t15-,17?,22?/m1/s1. The van der Waals surface area contributed by atoms with Gasteiger partial charge in [-0.3, -0.25) is 4.79 Å². The van der Waals surface area contributed by atoms with Crippen LogP contribution in [0.5, 0.6) is 0 Å². The molecule has 2 aromatic carbocycles. The van der Waals surface area contributed by atoms with Crippen molar-refractivity contribution in [3.8, 4) is 0 Å². The van der Waals surface area contributed by atoms with Gasteiger partial charge in [0.1, 0.15) is 0 Å². The first kappa shape index (κ1) is 26.0. The van der Waals surface area contributed by atoms with Crippen molar-refractivity contribution in [2.75, 3.05) is 20.3 Å². The summed E-state index contributed by atoms with van der Waals surface area (Å²) in [5.74, 6) is -0.409. The molecule has 2 aromatic rings. The summed E-state index contributed by atoms with van der Waals surface area (Å²) < 4.78 is 85.2. The van der Waals surface area contributed by atoms with Crippen LogP contribution >= 0.6 is 0 Å². The molecule has 1 atom stereocenters. The van der Waals surface area contributed by atoms with Gasteiger partial charge in [0.15, 0.2) is 0 Å². The lowest BCUT2D eigenvalue weighted by Gasteiger charge is -2.48. The Balaban J connectivity index is 1.83. The van der Waals surface area contributed by atoms with Gasteiger partial charge in [-0.05, 0) is 49.1 Å². The topological polar surface area (TPSA) is 55.6 Å². The molecule has 3 rings (SSSR count). The van der Waals surface area contributed by atoms with Crippen molar-refractivity contribution in [3.63, 3.8) is 0 Å². The van der Waals surface area contributed by atoms with Gasteiger partial charge in [-0.2, -0.15) is 26.3 Å². The second kappa shape index (κ2) is 9.58. The summed E-state index contributed by atoms with van der Waals surface area (Å²) in [6.45, 7) is 1.52. The molecule has 0 spiro atoms. The number of nitrogens with zero attached hydrogens (tertiary/aromatic N) is 1. The Labute approximate surface area is 193 Å². The zero-order valence-electron chi connectivity index (χ0n) is 18.7. The summed E-state index contributed by atoms with van der Waals surface area (Å²) >= 11 is 0. The van der Waals surface area contributed by atoms with Crippen molar-refractivity contribution in [3.05, 3.63) is 70.8 Å². The molecule has 10 heteroatoms. The van der Waals surface area contributed by atoms with Gasteiger partial charge in [0.2, 0.25) is 5.91 Å². The number of halogens is 6. The second-order valence-electron chi connectivity index (χ2n) is 8.76. The molecule has 1 aliphatic carbocycles. The molecular weight excluding hydrogens is 462 g/mol. The predicted octanol–water partition coefficient (Wildman–Crippen LogP) is 5.52. The Morgan fingerprint density at radius 3 is 2.06 bits per heavy atom. The Hall–Kier alpha value is -2.59. The van der Waals surface area contributed by atoms with Gasteiger partial charge in [0.25, 0.3) is 0 Å². The third-order valence-electron chi connectivity index (χ3n) is 6.35. The van der Waals surface area contributed by atoms with Crippen LogP contribution in [0.3, 0.4) is 0 Å². The zero-order chi connectivity index (χ0) is 25.3. The molecular formula is C24H26F6N2O2. The summed E-state index contributed by atoms with van der Waals surface area (Å²) in [5, 5.41) is 0. The number of hydrogen-bond acceptors (Lipinski definition) is 3. The fraction of sp³-hybridized carbons (Fsp3) is 0.458. The number of benzene rings is 2. The smallest absolute Gasteiger partial charge is 0.373 e. The van der Waals surface area contributed by atoms with Crippen molar-refractivity contribution in [1.29, 1.82) is 0 Å². The van der Waals surface area contributed by atoms with E-state index >= 15 is 0 Å². The molecule has 0 unspecified atom stereocenters. The highest BCUT2D eigenvalue weighted by Crippen LogP contribution is 2.49. The number of ether oxygens (including phenoxy) is 1. The van der Waals surface area contributed by atoms with E-state index in [2.05, 4.69) is 0 Å². The minimum absolute atomic E-state index is 0.0336. The van der Waals surface area contributed by atoms with E-state index < -0.39 is 35.0 Å². The highest BCUT2D eigenvalue weighted by Gasteiger charge is 2.49. The first-order valence-corrected chi connectivity index (χ1v) is 10.7. The third-order valence-corrected chi connectivity index (χ3v) is 6.35. The zero-order valence-corrected chi connectivity index (χ0v) is 18.7. The normalized spacial score (nSPS) is 21.6. The van der Waals surface area contributed by atoms with E-state index in [1.807, 2.05) is 30.3 Å². The Kier molecular flexibility index (Phi) is 7.33. The van der Waals surface area contributed by atoms with E-state index in [0.29, 0.717) is 25.0 Å². The quantitative estimate of drug-likeness (QED) is 0.412. The van der Waals surface area contributed by atoms with E-state index in [9.17, 15) is 31.1 Å². The Bertz CT molecular complexity index is 969. The lowest BCUT2D eigenvalue weighted by Crippen LogP contribution is -2.51. The van der Waals surface area contributed by atoms with Crippen LogP contribution in [-0.2, 0) is 27.3 Å².